The highest BCUT2D eigenvalue weighted by molar-refractivity contribution is 7.13. The molecule has 0 unspecified atom stereocenters. The predicted molar refractivity (Wildman–Crippen MR) is 118 cm³/mol. The van der Waals surface area contributed by atoms with E-state index in [1.165, 1.54) is 18.4 Å². The molecule has 9 heteroatoms. The van der Waals surface area contributed by atoms with Crippen LogP contribution in [-0.4, -0.2) is 37.9 Å². The molecule has 0 spiro atoms. The molecule has 0 atom stereocenters. The number of carbonyl (C=O) groups is 1. The molecule has 0 aliphatic carbocycles. The minimum Gasteiger partial charge on any atom is -0.497 e. The van der Waals surface area contributed by atoms with E-state index < -0.39 is 0 Å². The molecule has 30 heavy (non-hydrogen) atoms. The molecule has 0 bridgehead atoms. The van der Waals surface area contributed by atoms with E-state index in [0.717, 1.165) is 22.1 Å². The number of hydrogen-bond donors (Lipinski definition) is 2. The molecule has 2 N–H and O–H groups in total. The number of rotatable bonds is 9. The lowest BCUT2D eigenvalue weighted by molar-refractivity contribution is -0.118. The number of anilines is 2. The van der Waals surface area contributed by atoms with Gasteiger partial charge in [0, 0.05) is 11.1 Å². The second-order valence-electron chi connectivity index (χ2n) is 6.14. The van der Waals surface area contributed by atoms with E-state index in [9.17, 15) is 4.79 Å². The first-order chi connectivity index (χ1) is 14.6. The van der Waals surface area contributed by atoms with E-state index >= 15 is 0 Å². The van der Waals surface area contributed by atoms with Crippen molar-refractivity contribution in [3.05, 3.63) is 59.1 Å². The minimum absolute atomic E-state index is 0.152. The molecule has 0 aliphatic heterocycles. The van der Waals surface area contributed by atoms with Gasteiger partial charge in [-0.3, -0.25) is 10.2 Å². The van der Waals surface area contributed by atoms with Crippen molar-refractivity contribution in [2.75, 3.05) is 31.6 Å². The number of aryl methyl sites for hydroxylation is 1. The minimum atomic E-state index is -0.282. The van der Waals surface area contributed by atoms with Crippen LogP contribution in [0.25, 0.3) is 0 Å². The number of aromatic nitrogens is 1. The summed E-state index contributed by atoms with van der Waals surface area (Å²) in [5.74, 6) is 1.40. The number of ether oxygens (including phenoxy) is 3. The van der Waals surface area contributed by atoms with Crippen LogP contribution < -0.4 is 25.0 Å². The number of methoxy groups -OCH3 is 2. The van der Waals surface area contributed by atoms with Gasteiger partial charge in [-0.15, -0.1) is 11.3 Å². The van der Waals surface area contributed by atoms with Crippen LogP contribution in [0.4, 0.5) is 10.8 Å². The van der Waals surface area contributed by atoms with Crippen LogP contribution in [0.2, 0.25) is 0 Å². The van der Waals surface area contributed by atoms with E-state index in [1.54, 1.807) is 49.7 Å². The highest BCUT2D eigenvalue weighted by atomic mass is 32.1. The van der Waals surface area contributed by atoms with Crippen molar-refractivity contribution < 1.29 is 19.0 Å². The molecule has 1 heterocycles. The summed E-state index contributed by atoms with van der Waals surface area (Å²) < 4.78 is 16.1. The monoisotopic (exact) mass is 426 g/mol. The molecule has 3 aromatic rings. The van der Waals surface area contributed by atoms with Crippen molar-refractivity contribution in [2.45, 2.75) is 6.92 Å². The standard InChI is InChI=1S/C21H22N4O4S/c1-14-13-30-21(23-14)25-22-11-15-4-9-18(19(10-15)28-3)29-12-20(26)24-16-5-7-17(27-2)8-6-16/h4-11,13H,12H2,1-3H3,(H,23,25)(H,24,26). The summed E-state index contributed by atoms with van der Waals surface area (Å²) in [6, 6.07) is 12.4. The first-order valence-corrected chi connectivity index (χ1v) is 9.91. The number of nitrogens with one attached hydrogen (secondary N) is 2. The lowest BCUT2D eigenvalue weighted by Gasteiger charge is -2.11. The van der Waals surface area contributed by atoms with Gasteiger partial charge in [-0.05, 0) is 55.0 Å². The third kappa shape index (κ3) is 5.95. The van der Waals surface area contributed by atoms with Gasteiger partial charge in [0.15, 0.2) is 18.1 Å². The van der Waals surface area contributed by atoms with Crippen LogP contribution in [-0.2, 0) is 4.79 Å². The zero-order chi connectivity index (χ0) is 21.3. The maximum Gasteiger partial charge on any atom is 0.262 e. The normalized spacial score (nSPS) is 10.6. The van der Waals surface area contributed by atoms with Gasteiger partial charge in [-0.1, -0.05) is 0 Å². The molecule has 8 nitrogen and oxygen atoms in total. The average molecular weight is 426 g/mol. The number of benzene rings is 2. The van der Waals surface area contributed by atoms with Gasteiger partial charge in [0.2, 0.25) is 5.13 Å². The van der Waals surface area contributed by atoms with Gasteiger partial charge in [-0.2, -0.15) is 5.10 Å². The van der Waals surface area contributed by atoms with Crippen LogP contribution in [0.1, 0.15) is 11.3 Å². The lowest BCUT2D eigenvalue weighted by atomic mass is 10.2. The van der Waals surface area contributed by atoms with Crippen molar-refractivity contribution in [3.8, 4) is 17.2 Å². The fourth-order valence-corrected chi connectivity index (χ4v) is 3.10. The number of nitrogens with zero attached hydrogens (tertiary/aromatic N) is 2. The fourth-order valence-electron chi connectivity index (χ4n) is 2.47. The van der Waals surface area contributed by atoms with E-state index in [2.05, 4.69) is 20.8 Å². The summed E-state index contributed by atoms with van der Waals surface area (Å²) >= 11 is 1.48. The third-order valence-electron chi connectivity index (χ3n) is 3.91. The zero-order valence-corrected chi connectivity index (χ0v) is 17.7. The molecule has 3 rings (SSSR count). The molecule has 1 aromatic heterocycles. The topological polar surface area (TPSA) is 94.1 Å². The quantitative estimate of drug-likeness (QED) is 0.398. The SMILES string of the molecule is COc1ccc(NC(=O)COc2ccc(C=NNc3nc(C)cs3)cc2OC)cc1. The van der Waals surface area contributed by atoms with Gasteiger partial charge >= 0.3 is 0 Å². The van der Waals surface area contributed by atoms with Gasteiger partial charge in [0.25, 0.3) is 5.91 Å². The second-order valence-corrected chi connectivity index (χ2v) is 7.00. The maximum atomic E-state index is 12.1. The number of thiazole rings is 1. The van der Waals surface area contributed by atoms with Crippen molar-refractivity contribution in [1.29, 1.82) is 0 Å². The Morgan fingerprint density at radius 1 is 1.13 bits per heavy atom. The molecule has 1 amide bonds. The molecule has 0 saturated carbocycles. The van der Waals surface area contributed by atoms with E-state index in [-0.39, 0.29) is 12.5 Å². The summed E-state index contributed by atoms with van der Waals surface area (Å²) in [7, 11) is 3.13. The summed E-state index contributed by atoms with van der Waals surface area (Å²) in [5.41, 5.74) is 5.29. The van der Waals surface area contributed by atoms with Crippen LogP contribution in [0.3, 0.4) is 0 Å². The van der Waals surface area contributed by atoms with Gasteiger partial charge in [0.1, 0.15) is 5.75 Å². The molecular weight excluding hydrogens is 404 g/mol. The van der Waals surface area contributed by atoms with Crippen LogP contribution in [0.15, 0.2) is 52.9 Å². The van der Waals surface area contributed by atoms with Gasteiger partial charge in [0.05, 0.1) is 26.1 Å². The Labute approximate surface area is 178 Å². The van der Waals surface area contributed by atoms with E-state index in [4.69, 9.17) is 14.2 Å². The number of hydrazone groups is 1. The van der Waals surface area contributed by atoms with Crippen molar-refractivity contribution in [2.24, 2.45) is 5.10 Å². The summed E-state index contributed by atoms with van der Waals surface area (Å²) in [6.07, 6.45) is 1.65. The summed E-state index contributed by atoms with van der Waals surface area (Å²) in [5, 5.41) is 9.59. The Hall–Kier alpha value is -3.59. The first-order valence-electron chi connectivity index (χ1n) is 9.03. The Kier molecular flexibility index (Phi) is 7.23. The molecule has 156 valence electrons. The maximum absolute atomic E-state index is 12.1. The van der Waals surface area contributed by atoms with Gasteiger partial charge < -0.3 is 19.5 Å². The predicted octanol–water partition coefficient (Wildman–Crippen LogP) is 3.93. The smallest absolute Gasteiger partial charge is 0.262 e. The molecule has 0 aliphatic rings. The van der Waals surface area contributed by atoms with Crippen LogP contribution in [0, 0.1) is 6.92 Å². The van der Waals surface area contributed by atoms with E-state index in [0.29, 0.717) is 17.2 Å². The third-order valence-corrected chi connectivity index (χ3v) is 4.78. The highest BCUT2D eigenvalue weighted by Gasteiger charge is 2.09. The molecule has 0 fully saturated rings. The first kappa shape index (κ1) is 21.1. The van der Waals surface area contributed by atoms with E-state index in [1.807, 2.05) is 18.4 Å². The zero-order valence-electron chi connectivity index (χ0n) is 16.8. The van der Waals surface area contributed by atoms with Crippen LogP contribution in [0.5, 0.6) is 17.2 Å². The summed E-state index contributed by atoms with van der Waals surface area (Å²) in [4.78, 5) is 16.4. The molecule has 2 aromatic carbocycles. The van der Waals surface area contributed by atoms with Gasteiger partial charge in [-0.25, -0.2) is 4.98 Å². The number of hydrogen-bond acceptors (Lipinski definition) is 8. The molecular formula is C21H22N4O4S. The van der Waals surface area contributed by atoms with Crippen molar-refractivity contribution in [3.63, 3.8) is 0 Å². The molecule has 0 saturated heterocycles. The Balaban J connectivity index is 1.55. The fraction of sp³-hybridized carbons (Fsp3) is 0.190. The Morgan fingerprint density at radius 2 is 1.93 bits per heavy atom. The van der Waals surface area contributed by atoms with Crippen LogP contribution >= 0.6 is 11.3 Å². The number of carbonyl (C=O) groups excluding carboxylic acids is 1. The summed E-state index contributed by atoms with van der Waals surface area (Å²) in [6.45, 7) is 1.77. The second kappa shape index (κ2) is 10.3. The Morgan fingerprint density at radius 3 is 2.60 bits per heavy atom. The largest absolute Gasteiger partial charge is 0.497 e. The number of amides is 1. The Bertz CT molecular complexity index is 1020. The lowest BCUT2D eigenvalue weighted by Crippen LogP contribution is -2.20. The average Bonchev–Trinajstić information content (AvgIpc) is 3.18. The van der Waals surface area contributed by atoms with Crippen molar-refractivity contribution >= 4 is 34.3 Å². The highest BCUT2D eigenvalue weighted by Crippen LogP contribution is 2.27. The molecule has 0 radical (unpaired) electrons. The van der Waals surface area contributed by atoms with Crippen molar-refractivity contribution in [1.82, 2.24) is 4.98 Å².